The second-order valence-electron chi connectivity index (χ2n) is 3.33. The minimum Gasteiger partial charge on any atom is -0.359 e. The fourth-order valence-corrected chi connectivity index (χ4v) is 1.12. The predicted octanol–water partition coefficient (Wildman–Crippen LogP) is 2.34. The molecule has 1 atom stereocenters. The van der Waals surface area contributed by atoms with Crippen molar-refractivity contribution in [2.45, 2.75) is 39.6 Å². The SMILES string of the molecule is CCOC(C=CCC(C)OCOC)OCC. The van der Waals surface area contributed by atoms with Crippen LogP contribution >= 0.6 is 0 Å². The van der Waals surface area contributed by atoms with E-state index in [1.165, 1.54) is 0 Å². The summed E-state index contributed by atoms with van der Waals surface area (Å²) in [5.41, 5.74) is 0. The molecular formula is C12H24O4. The highest BCUT2D eigenvalue weighted by atomic mass is 16.7. The van der Waals surface area contributed by atoms with E-state index in [0.29, 0.717) is 20.0 Å². The molecule has 0 radical (unpaired) electrons. The van der Waals surface area contributed by atoms with Crippen LogP contribution in [0.4, 0.5) is 0 Å². The average Bonchev–Trinajstić information content (AvgIpc) is 2.27. The molecule has 4 nitrogen and oxygen atoms in total. The van der Waals surface area contributed by atoms with Gasteiger partial charge in [-0.15, -0.1) is 0 Å². The predicted molar refractivity (Wildman–Crippen MR) is 63.2 cm³/mol. The normalized spacial score (nSPS) is 13.8. The lowest BCUT2D eigenvalue weighted by molar-refractivity contribution is -0.104. The van der Waals surface area contributed by atoms with E-state index in [4.69, 9.17) is 18.9 Å². The van der Waals surface area contributed by atoms with Gasteiger partial charge in [0.2, 0.25) is 0 Å². The van der Waals surface area contributed by atoms with Gasteiger partial charge in [-0.1, -0.05) is 6.08 Å². The highest BCUT2D eigenvalue weighted by Gasteiger charge is 2.03. The van der Waals surface area contributed by atoms with Gasteiger partial charge in [0.1, 0.15) is 6.79 Å². The Morgan fingerprint density at radius 2 is 1.69 bits per heavy atom. The van der Waals surface area contributed by atoms with Gasteiger partial charge in [-0.3, -0.25) is 0 Å². The van der Waals surface area contributed by atoms with Gasteiger partial charge in [0.25, 0.3) is 0 Å². The molecule has 0 aliphatic heterocycles. The second-order valence-corrected chi connectivity index (χ2v) is 3.33. The number of hydrogen-bond acceptors (Lipinski definition) is 4. The van der Waals surface area contributed by atoms with Crippen molar-refractivity contribution in [1.82, 2.24) is 0 Å². The van der Waals surface area contributed by atoms with E-state index in [2.05, 4.69) is 0 Å². The maximum Gasteiger partial charge on any atom is 0.176 e. The van der Waals surface area contributed by atoms with Gasteiger partial charge in [0.15, 0.2) is 6.29 Å². The van der Waals surface area contributed by atoms with Gasteiger partial charge in [0, 0.05) is 20.3 Å². The molecule has 0 spiro atoms. The lowest BCUT2D eigenvalue weighted by Gasteiger charge is -2.13. The van der Waals surface area contributed by atoms with Gasteiger partial charge >= 0.3 is 0 Å². The van der Waals surface area contributed by atoms with E-state index in [1.54, 1.807) is 7.11 Å². The lowest BCUT2D eigenvalue weighted by Crippen LogP contribution is -2.15. The van der Waals surface area contributed by atoms with Crippen LogP contribution in [0.15, 0.2) is 12.2 Å². The molecule has 0 fully saturated rings. The van der Waals surface area contributed by atoms with Crippen molar-refractivity contribution in [2.24, 2.45) is 0 Å². The van der Waals surface area contributed by atoms with Crippen LogP contribution in [0.3, 0.4) is 0 Å². The standard InChI is InChI=1S/C12H24O4/c1-5-14-12(15-6-2)9-7-8-11(3)16-10-13-4/h7,9,11-12H,5-6,8,10H2,1-4H3. The third-order valence-corrected chi connectivity index (χ3v) is 1.89. The Labute approximate surface area is 98.5 Å². The Morgan fingerprint density at radius 3 is 2.19 bits per heavy atom. The number of methoxy groups -OCH3 is 1. The Morgan fingerprint density at radius 1 is 1.06 bits per heavy atom. The van der Waals surface area contributed by atoms with E-state index in [1.807, 2.05) is 32.9 Å². The summed E-state index contributed by atoms with van der Waals surface area (Å²) in [4.78, 5) is 0. The number of ether oxygens (including phenoxy) is 4. The van der Waals surface area contributed by atoms with E-state index < -0.39 is 0 Å². The minimum absolute atomic E-state index is 0.139. The Kier molecular flexibility index (Phi) is 10.8. The highest BCUT2D eigenvalue weighted by molar-refractivity contribution is 4.86. The van der Waals surface area contributed by atoms with Crippen molar-refractivity contribution < 1.29 is 18.9 Å². The largest absolute Gasteiger partial charge is 0.359 e. The van der Waals surface area contributed by atoms with Crippen molar-refractivity contribution in [3.05, 3.63) is 12.2 Å². The molecule has 1 unspecified atom stereocenters. The summed E-state index contributed by atoms with van der Waals surface area (Å²) in [6, 6.07) is 0. The molecule has 0 aliphatic rings. The Bertz CT molecular complexity index is 164. The first-order chi connectivity index (χ1) is 7.74. The maximum atomic E-state index is 5.37. The molecule has 0 saturated carbocycles. The van der Waals surface area contributed by atoms with E-state index in [0.717, 1.165) is 6.42 Å². The average molecular weight is 232 g/mol. The smallest absolute Gasteiger partial charge is 0.176 e. The molecule has 0 N–H and O–H groups in total. The molecule has 0 amide bonds. The maximum absolute atomic E-state index is 5.37. The molecule has 0 aromatic carbocycles. The first-order valence-corrected chi connectivity index (χ1v) is 5.74. The topological polar surface area (TPSA) is 36.9 Å². The summed E-state index contributed by atoms with van der Waals surface area (Å²) < 4.78 is 20.9. The van der Waals surface area contributed by atoms with Crippen LogP contribution in [-0.2, 0) is 18.9 Å². The van der Waals surface area contributed by atoms with Crippen molar-refractivity contribution in [2.75, 3.05) is 27.1 Å². The zero-order chi connectivity index (χ0) is 12.2. The van der Waals surface area contributed by atoms with Crippen molar-refractivity contribution in [3.8, 4) is 0 Å². The first kappa shape index (κ1) is 15.6. The van der Waals surface area contributed by atoms with E-state index in [9.17, 15) is 0 Å². The molecule has 0 aromatic rings. The molecule has 0 saturated heterocycles. The monoisotopic (exact) mass is 232 g/mol. The fraction of sp³-hybridized carbons (Fsp3) is 0.833. The third-order valence-electron chi connectivity index (χ3n) is 1.89. The summed E-state index contributed by atoms with van der Waals surface area (Å²) in [5.74, 6) is 0. The molecule has 0 bridgehead atoms. The first-order valence-electron chi connectivity index (χ1n) is 5.74. The lowest BCUT2D eigenvalue weighted by atomic mass is 10.2. The number of hydrogen-bond donors (Lipinski definition) is 0. The Hall–Kier alpha value is -0.420. The van der Waals surface area contributed by atoms with E-state index >= 15 is 0 Å². The van der Waals surface area contributed by atoms with Crippen LogP contribution in [0.2, 0.25) is 0 Å². The summed E-state index contributed by atoms with van der Waals surface area (Å²) in [6.45, 7) is 7.51. The van der Waals surface area contributed by atoms with Crippen LogP contribution in [0.5, 0.6) is 0 Å². The molecule has 0 aromatic heterocycles. The molecule has 0 rings (SSSR count). The van der Waals surface area contributed by atoms with E-state index in [-0.39, 0.29) is 12.4 Å². The molecule has 16 heavy (non-hydrogen) atoms. The number of rotatable bonds is 10. The summed E-state index contributed by atoms with van der Waals surface area (Å²) in [6.07, 6.45) is 4.64. The second kappa shape index (κ2) is 11.1. The molecule has 0 heterocycles. The zero-order valence-electron chi connectivity index (χ0n) is 10.8. The van der Waals surface area contributed by atoms with Gasteiger partial charge in [0.05, 0.1) is 6.10 Å². The quantitative estimate of drug-likeness (QED) is 0.428. The third kappa shape index (κ3) is 8.85. The molecule has 96 valence electrons. The molecule has 0 aliphatic carbocycles. The van der Waals surface area contributed by atoms with Gasteiger partial charge in [-0.05, 0) is 33.3 Å². The van der Waals surface area contributed by atoms with Crippen molar-refractivity contribution in [1.29, 1.82) is 0 Å². The van der Waals surface area contributed by atoms with Crippen molar-refractivity contribution >= 4 is 0 Å². The summed E-state index contributed by atoms with van der Waals surface area (Å²) in [7, 11) is 1.61. The minimum atomic E-state index is -0.246. The van der Waals surface area contributed by atoms with Crippen LogP contribution < -0.4 is 0 Å². The molecular weight excluding hydrogens is 208 g/mol. The highest BCUT2D eigenvalue weighted by Crippen LogP contribution is 2.02. The van der Waals surface area contributed by atoms with Crippen LogP contribution in [0, 0.1) is 0 Å². The van der Waals surface area contributed by atoms with Crippen LogP contribution in [0.25, 0.3) is 0 Å². The Balaban J connectivity index is 3.75. The van der Waals surface area contributed by atoms with Crippen LogP contribution in [-0.4, -0.2) is 39.5 Å². The van der Waals surface area contributed by atoms with Gasteiger partial charge < -0.3 is 18.9 Å². The summed E-state index contributed by atoms with van der Waals surface area (Å²) in [5, 5.41) is 0. The van der Waals surface area contributed by atoms with Crippen molar-refractivity contribution in [3.63, 3.8) is 0 Å². The fourth-order valence-electron chi connectivity index (χ4n) is 1.12. The van der Waals surface area contributed by atoms with Crippen LogP contribution in [0.1, 0.15) is 27.2 Å². The molecule has 4 heteroatoms. The van der Waals surface area contributed by atoms with Gasteiger partial charge in [-0.2, -0.15) is 0 Å². The van der Waals surface area contributed by atoms with Gasteiger partial charge in [-0.25, -0.2) is 0 Å². The summed E-state index contributed by atoms with van der Waals surface area (Å²) >= 11 is 0. The zero-order valence-corrected chi connectivity index (χ0v) is 10.8.